The molecule has 0 atom stereocenters. The Hall–Kier alpha value is -1.07. The van der Waals surface area contributed by atoms with Crippen molar-refractivity contribution in [3.63, 3.8) is 0 Å². The number of halogens is 4. The van der Waals surface area contributed by atoms with Gasteiger partial charge in [-0.05, 0) is 6.07 Å². The van der Waals surface area contributed by atoms with Gasteiger partial charge in [0.25, 0.3) is 0 Å². The monoisotopic (exact) mass is 177 g/mol. The highest BCUT2D eigenvalue weighted by molar-refractivity contribution is 6.32. The first kappa shape index (κ1) is 9.03. The highest BCUT2D eigenvalue weighted by Gasteiger charge is 2.35. The molecule has 6 heteroatoms. The fraction of sp³-hybridized carbons (Fsp3) is 0.167. The topological polar surface area (TPSA) is 12.9 Å². The van der Waals surface area contributed by atoms with Gasteiger partial charge in [-0.25, -0.2) is 9.37 Å². The van der Waals surface area contributed by atoms with Gasteiger partial charge in [0.1, 0.15) is 7.85 Å². The summed E-state index contributed by atoms with van der Waals surface area (Å²) in [6, 6.07) is 0.801. The fourth-order valence-corrected chi connectivity index (χ4v) is 0.742. The lowest BCUT2D eigenvalue weighted by atomic mass is 9.98. The van der Waals surface area contributed by atoms with Gasteiger partial charge in [-0.2, -0.15) is 13.2 Å². The molecular formula is C6H4BF4N. The van der Waals surface area contributed by atoms with Crippen LogP contribution in [0.4, 0.5) is 17.6 Å². The van der Waals surface area contributed by atoms with Gasteiger partial charge < -0.3 is 0 Å². The van der Waals surface area contributed by atoms with E-state index >= 15 is 0 Å². The van der Waals surface area contributed by atoms with Crippen molar-refractivity contribution in [1.82, 2.24) is 4.98 Å². The van der Waals surface area contributed by atoms with Crippen LogP contribution in [-0.2, 0) is 6.18 Å². The fourth-order valence-electron chi connectivity index (χ4n) is 0.742. The molecule has 0 N–H and O–H groups in total. The Morgan fingerprint density at radius 3 is 2.33 bits per heavy atom. The number of pyridine rings is 1. The summed E-state index contributed by atoms with van der Waals surface area (Å²) in [6.07, 6.45) is -3.73. The Labute approximate surface area is 66.8 Å². The molecule has 64 valence electrons. The van der Waals surface area contributed by atoms with E-state index in [9.17, 15) is 17.6 Å². The van der Waals surface area contributed by atoms with Gasteiger partial charge in [0.2, 0.25) is 0 Å². The first-order valence-corrected chi connectivity index (χ1v) is 3.10. The lowest BCUT2D eigenvalue weighted by molar-refractivity contribution is -0.143. The standard InChI is InChI=1S/C6H4BF4N/c7-3-1-4(8)5(12-2-3)6(9,10)11/h1-2H,7H2. The molecule has 12 heavy (non-hydrogen) atoms. The number of hydrogen-bond donors (Lipinski definition) is 0. The molecule has 1 nitrogen and oxygen atoms in total. The summed E-state index contributed by atoms with van der Waals surface area (Å²) in [7, 11) is 1.47. The second-order valence-corrected chi connectivity index (χ2v) is 2.34. The second kappa shape index (κ2) is 2.77. The zero-order chi connectivity index (χ0) is 9.35. The van der Waals surface area contributed by atoms with E-state index in [-0.39, 0.29) is 0 Å². The van der Waals surface area contributed by atoms with E-state index in [4.69, 9.17) is 0 Å². The minimum atomic E-state index is -4.71. The molecule has 1 rings (SSSR count). The van der Waals surface area contributed by atoms with Crippen molar-refractivity contribution in [2.75, 3.05) is 0 Å². The largest absolute Gasteiger partial charge is 0.436 e. The summed E-state index contributed by atoms with van der Waals surface area (Å²) in [6.45, 7) is 0. The number of rotatable bonds is 0. The van der Waals surface area contributed by atoms with E-state index in [0.29, 0.717) is 5.46 Å². The SMILES string of the molecule is Bc1cnc(C(F)(F)F)c(F)c1. The van der Waals surface area contributed by atoms with Gasteiger partial charge in [0, 0.05) is 6.20 Å². The van der Waals surface area contributed by atoms with E-state index in [0.717, 1.165) is 12.3 Å². The van der Waals surface area contributed by atoms with Gasteiger partial charge in [0.05, 0.1) is 0 Å². The molecule has 0 aliphatic rings. The summed E-state index contributed by atoms with van der Waals surface area (Å²) in [5, 5.41) is 0. The second-order valence-electron chi connectivity index (χ2n) is 2.34. The number of alkyl halides is 3. The van der Waals surface area contributed by atoms with Crippen LogP contribution < -0.4 is 5.46 Å². The molecule has 1 heterocycles. The predicted molar refractivity (Wildman–Crippen MR) is 37.4 cm³/mol. The van der Waals surface area contributed by atoms with Crippen molar-refractivity contribution >= 4 is 13.3 Å². The van der Waals surface area contributed by atoms with Crippen LogP contribution in [0.15, 0.2) is 12.3 Å². The minimum absolute atomic E-state index is 0.362. The Morgan fingerprint density at radius 2 is 1.92 bits per heavy atom. The van der Waals surface area contributed by atoms with Gasteiger partial charge >= 0.3 is 6.18 Å². The van der Waals surface area contributed by atoms with E-state index < -0.39 is 17.7 Å². The first-order chi connectivity index (χ1) is 5.41. The van der Waals surface area contributed by atoms with Crippen molar-refractivity contribution in [2.45, 2.75) is 6.18 Å². The van der Waals surface area contributed by atoms with Crippen LogP contribution >= 0.6 is 0 Å². The summed E-state index contributed by atoms with van der Waals surface area (Å²) >= 11 is 0. The summed E-state index contributed by atoms with van der Waals surface area (Å²) in [5.74, 6) is -1.33. The van der Waals surface area contributed by atoms with Crippen molar-refractivity contribution in [1.29, 1.82) is 0 Å². The first-order valence-electron chi connectivity index (χ1n) is 3.10. The van der Waals surface area contributed by atoms with Crippen LogP contribution in [0.25, 0.3) is 0 Å². The zero-order valence-corrected chi connectivity index (χ0v) is 6.11. The molecule has 0 spiro atoms. The maximum atomic E-state index is 12.6. The molecule has 0 saturated heterocycles. The third-order valence-electron chi connectivity index (χ3n) is 1.25. The van der Waals surface area contributed by atoms with Crippen molar-refractivity contribution < 1.29 is 17.6 Å². The van der Waals surface area contributed by atoms with Crippen molar-refractivity contribution in [3.8, 4) is 0 Å². The Kier molecular flexibility index (Phi) is 2.08. The Balaban J connectivity index is 3.19. The van der Waals surface area contributed by atoms with Crippen LogP contribution in [-0.4, -0.2) is 12.8 Å². The van der Waals surface area contributed by atoms with Crippen LogP contribution in [0.2, 0.25) is 0 Å². The minimum Gasteiger partial charge on any atom is -0.250 e. The predicted octanol–water partition coefficient (Wildman–Crippen LogP) is 0.498. The lowest BCUT2D eigenvalue weighted by Crippen LogP contribution is -2.15. The molecule has 0 bridgehead atoms. The zero-order valence-electron chi connectivity index (χ0n) is 6.11. The van der Waals surface area contributed by atoms with E-state index in [2.05, 4.69) is 4.98 Å². The third-order valence-corrected chi connectivity index (χ3v) is 1.25. The smallest absolute Gasteiger partial charge is 0.250 e. The van der Waals surface area contributed by atoms with Crippen molar-refractivity contribution in [3.05, 3.63) is 23.8 Å². The molecule has 0 radical (unpaired) electrons. The van der Waals surface area contributed by atoms with Gasteiger partial charge in [0.15, 0.2) is 11.5 Å². The van der Waals surface area contributed by atoms with Crippen LogP contribution in [0.3, 0.4) is 0 Å². The molecular weight excluding hydrogens is 173 g/mol. The molecule has 1 aromatic rings. The van der Waals surface area contributed by atoms with Gasteiger partial charge in [-0.1, -0.05) is 5.46 Å². The van der Waals surface area contributed by atoms with Crippen LogP contribution in [0.1, 0.15) is 5.69 Å². The molecule has 0 fully saturated rings. The van der Waals surface area contributed by atoms with E-state index in [1.54, 1.807) is 0 Å². The average Bonchev–Trinajstić information content (AvgIpc) is 1.83. The van der Waals surface area contributed by atoms with Crippen LogP contribution in [0.5, 0.6) is 0 Å². The van der Waals surface area contributed by atoms with Crippen molar-refractivity contribution in [2.24, 2.45) is 0 Å². The quantitative estimate of drug-likeness (QED) is 0.415. The number of aromatic nitrogens is 1. The number of hydrogen-bond acceptors (Lipinski definition) is 1. The van der Waals surface area contributed by atoms with Gasteiger partial charge in [-0.3, -0.25) is 0 Å². The lowest BCUT2D eigenvalue weighted by Gasteiger charge is -2.06. The molecule has 0 aliphatic carbocycles. The van der Waals surface area contributed by atoms with E-state index in [1.165, 1.54) is 7.85 Å². The summed E-state index contributed by atoms with van der Waals surface area (Å²) in [4.78, 5) is 2.95. The highest BCUT2D eigenvalue weighted by atomic mass is 19.4. The molecule has 0 saturated carbocycles. The normalized spacial score (nSPS) is 11.7. The molecule has 0 unspecified atom stereocenters. The molecule has 0 aliphatic heterocycles. The van der Waals surface area contributed by atoms with Crippen LogP contribution in [0, 0.1) is 5.82 Å². The van der Waals surface area contributed by atoms with Gasteiger partial charge in [-0.15, -0.1) is 0 Å². The maximum Gasteiger partial charge on any atom is 0.436 e. The summed E-state index contributed by atoms with van der Waals surface area (Å²) in [5.41, 5.74) is -1.10. The Morgan fingerprint density at radius 1 is 1.33 bits per heavy atom. The van der Waals surface area contributed by atoms with E-state index in [1.807, 2.05) is 0 Å². The molecule has 0 amide bonds. The Bertz CT molecular complexity index is 296. The average molecular weight is 177 g/mol. The molecule has 1 aromatic heterocycles. The summed E-state index contributed by atoms with van der Waals surface area (Å²) < 4.78 is 48.2. The number of nitrogens with zero attached hydrogens (tertiary/aromatic N) is 1. The highest BCUT2D eigenvalue weighted by Crippen LogP contribution is 2.28. The third kappa shape index (κ3) is 1.75. The maximum absolute atomic E-state index is 12.6. The molecule has 0 aromatic carbocycles.